The van der Waals surface area contributed by atoms with E-state index in [9.17, 15) is 9.90 Å². The highest BCUT2D eigenvalue weighted by molar-refractivity contribution is 5.92. The summed E-state index contributed by atoms with van der Waals surface area (Å²) >= 11 is 0. The Balaban J connectivity index is 2.53. The van der Waals surface area contributed by atoms with E-state index in [1.54, 1.807) is 24.3 Å². The normalized spacial score (nSPS) is 12.1. The Labute approximate surface area is 88.7 Å². The van der Waals surface area contributed by atoms with E-state index in [4.69, 9.17) is 10.5 Å². The third-order valence-electron chi connectivity index (χ3n) is 2.05. The molecule has 1 amide bonds. The van der Waals surface area contributed by atoms with E-state index in [1.807, 2.05) is 6.92 Å². The van der Waals surface area contributed by atoms with E-state index in [0.29, 0.717) is 17.7 Å². The van der Waals surface area contributed by atoms with Crippen molar-refractivity contribution >= 4 is 5.91 Å². The number of carbonyl (C=O) groups is 1. The van der Waals surface area contributed by atoms with Crippen LogP contribution in [0.25, 0.3) is 0 Å². The molecule has 0 saturated carbocycles. The number of hydrogen-bond donors (Lipinski definition) is 2. The summed E-state index contributed by atoms with van der Waals surface area (Å²) < 4.78 is 5.29. The molecule has 82 valence electrons. The van der Waals surface area contributed by atoms with E-state index in [0.717, 1.165) is 0 Å². The summed E-state index contributed by atoms with van der Waals surface area (Å²) in [5, 5.41) is 9.26. The number of carbonyl (C=O) groups excluding carboxylic acids is 1. The second-order valence-electron chi connectivity index (χ2n) is 3.26. The van der Waals surface area contributed by atoms with Gasteiger partial charge in [0.1, 0.15) is 12.4 Å². The third-order valence-corrected chi connectivity index (χ3v) is 2.05. The number of aliphatic hydroxyl groups excluding tert-OH is 1. The van der Waals surface area contributed by atoms with Crippen molar-refractivity contribution in [2.45, 2.75) is 19.4 Å². The molecule has 0 aliphatic heterocycles. The number of aliphatic hydroxyl groups is 1. The molecule has 1 aromatic rings. The average Bonchev–Trinajstić information content (AvgIpc) is 2.26. The Bertz CT molecular complexity index is 321. The number of rotatable bonds is 5. The first-order valence-electron chi connectivity index (χ1n) is 4.84. The first-order chi connectivity index (χ1) is 7.13. The quantitative estimate of drug-likeness (QED) is 0.757. The predicted molar refractivity (Wildman–Crippen MR) is 56.8 cm³/mol. The molecule has 0 fully saturated rings. The van der Waals surface area contributed by atoms with Gasteiger partial charge in [0, 0.05) is 5.56 Å². The molecule has 3 N–H and O–H groups in total. The molecule has 0 heterocycles. The lowest BCUT2D eigenvalue weighted by atomic mass is 10.2. The zero-order valence-corrected chi connectivity index (χ0v) is 8.64. The fourth-order valence-corrected chi connectivity index (χ4v) is 1.03. The highest BCUT2D eigenvalue weighted by atomic mass is 16.5. The molecule has 4 heteroatoms. The predicted octanol–water partition coefficient (Wildman–Crippen LogP) is 0.935. The maximum atomic E-state index is 10.8. The van der Waals surface area contributed by atoms with Crippen molar-refractivity contribution in [2.75, 3.05) is 6.61 Å². The monoisotopic (exact) mass is 209 g/mol. The Morgan fingerprint density at radius 2 is 2.07 bits per heavy atom. The lowest BCUT2D eigenvalue weighted by Crippen LogP contribution is -2.16. The Kier molecular flexibility index (Phi) is 4.12. The van der Waals surface area contributed by atoms with Crippen molar-refractivity contribution in [3.63, 3.8) is 0 Å². The highest BCUT2D eigenvalue weighted by Gasteiger charge is 2.03. The van der Waals surface area contributed by atoms with Crippen LogP contribution in [-0.4, -0.2) is 23.7 Å². The number of primary amides is 1. The second kappa shape index (κ2) is 5.36. The van der Waals surface area contributed by atoms with Gasteiger partial charge in [-0.1, -0.05) is 6.92 Å². The summed E-state index contributed by atoms with van der Waals surface area (Å²) in [6.45, 7) is 2.14. The van der Waals surface area contributed by atoms with E-state index in [-0.39, 0.29) is 6.61 Å². The summed E-state index contributed by atoms with van der Waals surface area (Å²) in [5.74, 6) is 0.155. The van der Waals surface area contributed by atoms with E-state index in [2.05, 4.69) is 0 Å². The topological polar surface area (TPSA) is 72.6 Å². The maximum Gasteiger partial charge on any atom is 0.248 e. The van der Waals surface area contributed by atoms with E-state index in [1.165, 1.54) is 0 Å². The molecule has 1 unspecified atom stereocenters. The smallest absolute Gasteiger partial charge is 0.248 e. The molecule has 0 spiro atoms. The van der Waals surface area contributed by atoms with Gasteiger partial charge in [0.15, 0.2) is 0 Å². The van der Waals surface area contributed by atoms with Crippen LogP contribution in [0.2, 0.25) is 0 Å². The van der Waals surface area contributed by atoms with Crippen molar-refractivity contribution in [1.82, 2.24) is 0 Å². The van der Waals surface area contributed by atoms with E-state index >= 15 is 0 Å². The summed E-state index contributed by atoms with van der Waals surface area (Å²) in [7, 11) is 0. The summed E-state index contributed by atoms with van der Waals surface area (Å²) in [6, 6.07) is 6.50. The van der Waals surface area contributed by atoms with Crippen LogP contribution in [0.15, 0.2) is 24.3 Å². The molecule has 1 atom stereocenters. The van der Waals surface area contributed by atoms with Crippen molar-refractivity contribution in [2.24, 2.45) is 5.73 Å². The van der Waals surface area contributed by atoms with Gasteiger partial charge in [-0.25, -0.2) is 0 Å². The molecule has 0 aliphatic carbocycles. The van der Waals surface area contributed by atoms with Crippen molar-refractivity contribution in [3.8, 4) is 5.75 Å². The van der Waals surface area contributed by atoms with Gasteiger partial charge in [0.2, 0.25) is 5.91 Å². The minimum absolute atomic E-state index is 0.256. The van der Waals surface area contributed by atoms with Gasteiger partial charge in [-0.05, 0) is 30.7 Å². The number of nitrogens with two attached hydrogens (primary N) is 1. The standard InChI is InChI=1S/C11H15NO3/c1-2-9(13)7-15-10-5-3-8(4-6-10)11(12)14/h3-6,9,13H,2,7H2,1H3,(H2,12,14). The van der Waals surface area contributed by atoms with Crippen molar-refractivity contribution < 1.29 is 14.6 Å². The molecule has 0 aliphatic rings. The molecule has 1 aromatic carbocycles. The first kappa shape index (κ1) is 11.5. The van der Waals surface area contributed by atoms with Crippen LogP contribution >= 0.6 is 0 Å². The molecule has 4 nitrogen and oxygen atoms in total. The van der Waals surface area contributed by atoms with Gasteiger partial charge < -0.3 is 15.6 Å². The minimum atomic E-state index is -0.463. The molecule has 15 heavy (non-hydrogen) atoms. The van der Waals surface area contributed by atoms with Gasteiger partial charge in [-0.3, -0.25) is 4.79 Å². The molecule has 0 bridgehead atoms. The Morgan fingerprint density at radius 3 is 2.53 bits per heavy atom. The second-order valence-corrected chi connectivity index (χ2v) is 3.26. The lowest BCUT2D eigenvalue weighted by Gasteiger charge is -2.10. The van der Waals surface area contributed by atoms with Gasteiger partial charge in [-0.15, -0.1) is 0 Å². The largest absolute Gasteiger partial charge is 0.491 e. The van der Waals surface area contributed by atoms with Crippen molar-refractivity contribution in [1.29, 1.82) is 0 Å². The van der Waals surface area contributed by atoms with Crippen LogP contribution in [0.3, 0.4) is 0 Å². The van der Waals surface area contributed by atoms with Gasteiger partial charge >= 0.3 is 0 Å². The first-order valence-corrected chi connectivity index (χ1v) is 4.84. The van der Waals surface area contributed by atoms with Gasteiger partial charge in [0.25, 0.3) is 0 Å². The molecular formula is C11H15NO3. The van der Waals surface area contributed by atoms with Gasteiger partial charge in [-0.2, -0.15) is 0 Å². The Hall–Kier alpha value is -1.55. The zero-order chi connectivity index (χ0) is 11.3. The van der Waals surface area contributed by atoms with Crippen LogP contribution in [0.4, 0.5) is 0 Å². The third kappa shape index (κ3) is 3.59. The van der Waals surface area contributed by atoms with Crippen LogP contribution in [-0.2, 0) is 0 Å². The fourth-order valence-electron chi connectivity index (χ4n) is 1.03. The molecule has 0 saturated heterocycles. The fraction of sp³-hybridized carbons (Fsp3) is 0.364. The van der Waals surface area contributed by atoms with Crippen molar-refractivity contribution in [3.05, 3.63) is 29.8 Å². The van der Waals surface area contributed by atoms with E-state index < -0.39 is 12.0 Å². The molecule has 1 rings (SSSR count). The molecule has 0 radical (unpaired) electrons. The average molecular weight is 209 g/mol. The Morgan fingerprint density at radius 1 is 1.47 bits per heavy atom. The minimum Gasteiger partial charge on any atom is -0.491 e. The van der Waals surface area contributed by atoms with Gasteiger partial charge in [0.05, 0.1) is 6.10 Å². The lowest BCUT2D eigenvalue weighted by molar-refractivity contribution is 0.0997. The number of ether oxygens (including phenoxy) is 1. The summed E-state index contributed by atoms with van der Waals surface area (Å²) in [4.78, 5) is 10.8. The summed E-state index contributed by atoms with van der Waals surface area (Å²) in [6.07, 6.45) is 0.195. The zero-order valence-electron chi connectivity index (χ0n) is 8.64. The summed E-state index contributed by atoms with van der Waals surface area (Å²) in [5.41, 5.74) is 5.53. The maximum absolute atomic E-state index is 10.8. The van der Waals surface area contributed by atoms with Crippen LogP contribution in [0.1, 0.15) is 23.7 Å². The molecule has 0 aromatic heterocycles. The highest BCUT2D eigenvalue weighted by Crippen LogP contribution is 2.12. The number of amides is 1. The SMILES string of the molecule is CCC(O)COc1ccc(C(N)=O)cc1. The van der Waals surface area contributed by atoms with Crippen LogP contribution in [0.5, 0.6) is 5.75 Å². The van der Waals surface area contributed by atoms with Crippen LogP contribution < -0.4 is 10.5 Å². The van der Waals surface area contributed by atoms with Crippen LogP contribution in [0, 0.1) is 0 Å². The number of benzene rings is 1. The molecular weight excluding hydrogens is 194 g/mol. The number of hydrogen-bond acceptors (Lipinski definition) is 3.